The van der Waals surface area contributed by atoms with Gasteiger partial charge in [-0.2, -0.15) is 0 Å². The van der Waals surface area contributed by atoms with Crippen molar-refractivity contribution in [1.29, 1.82) is 0 Å². The van der Waals surface area contributed by atoms with E-state index in [1.165, 1.54) is 0 Å². The number of ether oxygens (including phenoxy) is 2. The van der Waals surface area contributed by atoms with Gasteiger partial charge >= 0.3 is 6.09 Å². The summed E-state index contributed by atoms with van der Waals surface area (Å²) in [4.78, 5) is 11.7. The SMILES string of the molecule is C=C(CCl)CNC(=O)OC(C)(C)COCc1ccccc1I. The lowest BCUT2D eigenvalue weighted by Crippen LogP contribution is -2.38. The van der Waals surface area contributed by atoms with Crippen LogP contribution in [0.15, 0.2) is 36.4 Å². The van der Waals surface area contributed by atoms with Crippen LogP contribution >= 0.6 is 34.2 Å². The largest absolute Gasteiger partial charge is 0.441 e. The van der Waals surface area contributed by atoms with Crippen molar-refractivity contribution in [2.24, 2.45) is 0 Å². The molecule has 0 aliphatic heterocycles. The second kappa shape index (κ2) is 9.37. The minimum atomic E-state index is -0.716. The lowest BCUT2D eigenvalue weighted by atomic mass is 10.1. The molecule has 0 radical (unpaired) electrons. The number of alkyl carbamates (subject to hydrolysis) is 1. The quantitative estimate of drug-likeness (QED) is 0.378. The second-order valence-electron chi connectivity index (χ2n) is 5.47. The molecule has 22 heavy (non-hydrogen) atoms. The standard InChI is InChI=1S/C16H21ClINO3/c1-12(8-17)9-19-15(20)22-16(2,3)11-21-10-13-6-4-5-7-14(13)18/h4-7H,1,8-11H2,2-3H3,(H,19,20). The van der Waals surface area contributed by atoms with Crippen LogP contribution in [0.5, 0.6) is 0 Å². The van der Waals surface area contributed by atoms with Crippen LogP contribution in [-0.2, 0) is 16.1 Å². The van der Waals surface area contributed by atoms with Crippen molar-refractivity contribution in [2.45, 2.75) is 26.1 Å². The zero-order valence-electron chi connectivity index (χ0n) is 12.8. The highest BCUT2D eigenvalue weighted by Gasteiger charge is 2.23. The maximum absolute atomic E-state index is 11.7. The van der Waals surface area contributed by atoms with E-state index < -0.39 is 11.7 Å². The maximum Gasteiger partial charge on any atom is 0.408 e. The number of nitrogens with one attached hydrogen (secondary N) is 1. The fourth-order valence-electron chi connectivity index (χ4n) is 1.58. The number of amides is 1. The molecule has 0 fully saturated rings. The summed E-state index contributed by atoms with van der Waals surface area (Å²) >= 11 is 7.86. The van der Waals surface area contributed by atoms with E-state index in [4.69, 9.17) is 21.1 Å². The highest BCUT2D eigenvalue weighted by molar-refractivity contribution is 14.1. The minimum absolute atomic E-state index is 0.307. The van der Waals surface area contributed by atoms with Gasteiger partial charge < -0.3 is 14.8 Å². The van der Waals surface area contributed by atoms with Crippen LogP contribution in [0.1, 0.15) is 19.4 Å². The molecule has 0 aliphatic rings. The Morgan fingerprint density at radius 3 is 2.73 bits per heavy atom. The highest BCUT2D eigenvalue weighted by Crippen LogP contribution is 2.15. The van der Waals surface area contributed by atoms with Crippen molar-refractivity contribution < 1.29 is 14.3 Å². The Labute approximate surface area is 150 Å². The van der Waals surface area contributed by atoms with E-state index in [0.29, 0.717) is 25.6 Å². The molecule has 122 valence electrons. The number of carbonyl (C=O) groups excluding carboxylic acids is 1. The van der Waals surface area contributed by atoms with Gasteiger partial charge in [0.2, 0.25) is 0 Å². The molecule has 6 heteroatoms. The molecule has 0 spiro atoms. The van der Waals surface area contributed by atoms with Gasteiger partial charge in [-0.1, -0.05) is 24.8 Å². The zero-order valence-corrected chi connectivity index (χ0v) is 15.7. The van der Waals surface area contributed by atoms with Crippen molar-refractivity contribution in [2.75, 3.05) is 19.0 Å². The molecule has 1 amide bonds. The van der Waals surface area contributed by atoms with Crippen molar-refractivity contribution in [3.05, 3.63) is 45.6 Å². The molecule has 1 aromatic carbocycles. The Bertz CT molecular complexity index is 520. The number of rotatable bonds is 8. The van der Waals surface area contributed by atoms with E-state index in [2.05, 4.69) is 34.5 Å². The molecule has 0 unspecified atom stereocenters. The molecule has 0 heterocycles. The summed E-state index contributed by atoms with van der Waals surface area (Å²) in [5.41, 5.74) is 1.13. The van der Waals surface area contributed by atoms with Crippen LogP contribution in [0.25, 0.3) is 0 Å². The summed E-state index contributed by atoms with van der Waals surface area (Å²) in [5, 5.41) is 2.60. The Kier molecular flexibility index (Phi) is 8.20. The Balaban J connectivity index is 2.35. The van der Waals surface area contributed by atoms with E-state index in [9.17, 15) is 4.79 Å². The molecular weight excluding hydrogens is 417 g/mol. The molecule has 4 nitrogen and oxygen atoms in total. The number of benzene rings is 1. The first kappa shape index (κ1) is 19.3. The molecule has 1 aromatic rings. The second-order valence-corrected chi connectivity index (χ2v) is 6.90. The van der Waals surface area contributed by atoms with Crippen molar-refractivity contribution in [1.82, 2.24) is 5.32 Å². The first-order chi connectivity index (χ1) is 10.3. The van der Waals surface area contributed by atoms with E-state index in [-0.39, 0.29) is 0 Å². The fourth-order valence-corrected chi connectivity index (χ4v) is 2.22. The van der Waals surface area contributed by atoms with Crippen LogP contribution in [0.2, 0.25) is 0 Å². The Hall–Kier alpha value is -0.790. The van der Waals surface area contributed by atoms with Gasteiger partial charge in [-0.05, 0) is 53.6 Å². The van der Waals surface area contributed by atoms with Gasteiger partial charge in [0.1, 0.15) is 5.60 Å². The molecular formula is C16H21ClINO3. The van der Waals surface area contributed by atoms with Crippen LogP contribution in [0.4, 0.5) is 4.79 Å². The van der Waals surface area contributed by atoms with Crippen LogP contribution in [0, 0.1) is 3.57 Å². The summed E-state index contributed by atoms with van der Waals surface area (Å²) in [7, 11) is 0. The minimum Gasteiger partial charge on any atom is -0.441 e. The summed E-state index contributed by atoms with van der Waals surface area (Å²) in [5.74, 6) is 0.308. The maximum atomic E-state index is 11.7. The topological polar surface area (TPSA) is 47.6 Å². The van der Waals surface area contributed by atoms with Crippen molar-refractivity contribution in [3.8, 4) is 0 Å². The van der Waals surface area contributed by atoms with Gasteiger partial charge in [0, 0.05) is 16.0 Å². The summed E-state index contributed by atoms with van der Waals surface area (Å²) in [6.07, 6.45) is -0.505. The van der Waals surface area contributed by atoms with E-state index >= 15 is 0 Å². The first-order valence-electron chi connectivity index (χ1n) is 6.84. The Morgan fingerprint density at radius 2 is 2.09 bits per heavy atom. The van der Waals surface area contributed by atoms with Crippen LogP contribution < -0.4 is 5.32 Å². The van der Waals surface area contributed by atoms with Gasteiger partial charge in [0.05, 0.1) is 13.2 Å². The Morgan fingerprint density at radius 1 is 1.41 bits per heavy atom. The van der Waals surface area contributed by atoms with Crippen LogP contribution in [-0.4, -0.2) is 30.7 Å². The van der Waals surface area contributed by atoms with Gasteiger partial charge in [-0.3, -0.25) is 0 Å². The monoisotopic (exact) mass is 437 g/mol. The molecule has 0 aromatic heterocycles. The lowest BCUT2D eigenvalue weighted by molar-refractivity contribution is -0.0379. The van der Waals surface area contributed by atoms with Crippen molar-refractivity contribution in [3.63, 3.8) is 0 Å². The van der Waals surface area contributed by atoms with Crippen LogP contribution in [0.3, 0.4) is 0 Å². The highest BCUT2D eigenvalue weighted by atomic mass is 127. The number of alkyl halides is 1. The van der Waals surface area contributed by atoms with E-state index in [1.54, 1.807) is 13.8 Å². The number of hydrogen-bond donors (Lipinski definition) is 1. The average molecular weight is 438 g/mol. The van der Waals surface area contributed by atoms with Gasteiger partial charge in [-0.25, -0.2) is 4.79 Å². The molecule has 0 aliphatic carbocycles. The predicted octanol–water partition coefficient (Wildman–Crippen LogP) is 4.11. The summed E-state index contributed by atoms with van der Waals surface area (Å²) in [6.45, 7) is 8.41. The molecule has 0 atom stereocenters. The number of carbonyl (C=O) groups is 1. The number of halogens is 2. The third kappa shape index (κ3) is 7.47. The third-order valence-corrected chi connectivity index (χ3v) is 4.14. The molecule has 0 saturated carbocycles. The van der Waals surface area contributed by atoms with Gasteiger partial charge in [0.25, 0.3) is 0 Å². The fraction of sp³-hybridized carbons (Fsp3) is 0.438. The first-order valence-corrected chi connectivity index (χ1v) is 8.46. The van der Waals surface area contributed by atoms with E-state index in [1.807, 2.05) is 24.3 Å². The summed E-state index contributed by atoms with van der Waals surface area (Å²) in [6, 6.07) is 8.00. The van der Waals surface area contributed by atoms with E-state index in [0.717, 1.165) is 14.7 Å². The normalized spacial score (nSPS) is 11.1. The predicted molar refractivity (Wildman–Crippen MR) is 97.2 cm³/mol. The smallest absolute Gasteiger partial charge is 0.408 e. The molecule has 0 saturated heterocycles. The summed E-state index contributed by atoms with van der Waals surface area (Å²) < 4.78 is 12.2. The number of hydrogen-bond acceptors (Lipinski definition) is 3. The third-order valence-electron chi connectivity index (χ3n) is 2.71. The zero-order chi connectivity index (χ0) is 16.6. The van der Waals surface area contributed by atoms with Crippen molar-refractivity contribution >= 4 is 40.3 Å². The molecule has 1 N–H and O–H groups in total. The average Bonchev–Trinajstić information content (AvgIpc) is 2.46. The molecule has 0 bridgehead atoms. The van der Waals surface area contributed by atoms with Gasteiger partial charge in [0.15, 0.2) is 0 Å². The van der Waals surface area contributed by atoms with Gasteiger partial charge in [-0.15, -0.1) is 11.6 Å². The molecule has 1 rings (SSSR count). The lowest BCUT2D eigenvalue weighted by Gasteiger charge is -2.25.